The largest absolute Gasteiger partial charge is 0.481 e. The number of aliphatic hydroxyl groups is 8. The van der Waals surface area contributed by atoms with Crippen molar-refractivity contribution in [2.24, 2.45) is 50.2 Å². The number of carboxylic acid groups (broad SMARTS) is 1. The first-order valence-electron chi connectivity index (χ1n) is 23.6. The normalized spacial score (nSPS) is 54.1. The molecule has 3 aliphatic heterocycles. The van der Waals surface area contributed by atoms with E-state index in [0.29, 0.717) is 18.8 Å². The van der Waals surface area contributed by atoms with Gasteiger partial charge in [0.2, 0.25) is 0 Å². The van der Waals surface area contributed by atoms with Crippen molar-refractivity contribution in [2.45, 2.75) is 212 Å². The van der Waals surface area contributed by atoms with Crippen molar-refractivity contribution in [1.82, 2.24) is 0 Å². The van der Waals surface area contributed by atoms with Crippen molar-refractivity contribution in [3.05, 3.63) is 11.6 Å². The van der Waals surface area contributed by atoms with Gasteiger partial charge >= 0.3 is 5.97 Å². The van der Waals surface area contributed by atoms with E-state index < -0.39 is 104 Å². The Hall–Kier alpha value is -1.35. The molecule has 8 rings (SSSR count). The molecular weight excluding hydrogens is 821 g/mol. The van der Waals surface area contributed by atoms with Gasteiger partial charge in [0.15, 0.2) is 18.9 Å². The molecule has 360 valence electrons. The summed E-state index contributed by atoms with van der Waals surface area (Å²) in [6.45, 7) is 17.0. The lowest BCUT2D eigenvalue weighted by Gasteiger charge is -2.71. The zero-order chi connectivity index (χ0) is 46.0. The Morgan fingerprint density at radius 3 is 2.05 bits per heavy atom. The fourth-order valence-electron chi connectivity index (χ4n) is 14.8. The maximum Gasteiger partial charge on any atom is 0.310 e. The van der Waals surface area contributed by atoms with Gasteiger partial charge in [-0.15, -0.1) is 0 Å². The second-order valence-electron chi connectivity index (χ2n) is 23.0. The summed E-state index contributed by atoms with van der Waals surface area (Å²) in [5.74, 6) is 0.0702. The lowest BCUT2D eigenvalue weighted by Crippen LogP contribution is -2.66. The molecule has 5 aliphatic carbocycles. The first kappa shape index (κ1) is 48.1. The van der Waals surface area contributed by atoms with E-state index in [1.54, 1.807) is 0 Å². The molecule has 8 aliphatic rings. The fraction of sp³-hybridized carbons (Fsp3) is 0.936. The molecule has 0 aromatic heterocycles. The number of aliphatic carboxylic acids is 1. The van der Waals surface area contributed by atoms with Gasteiger partial charge in [0.25, 0.3) is 0 Å². The summed E-state index contributed by atoms with van der Waals surface area (Å²) in [6.07, 6.45) is -10.1. The molecule has 22 unspecified atom stereocenters. The molecule has 9 N–H and O–H groups in total. The molecule has 0 aromatic carbocycles. The molecule has 16 nitrogen and oxygen atoms in total. The first-order chi connectivity index (χ1) is 29.4. The average Bonchev–Trinajstić information content (AvgIpc) is 3.21. The van der Waals surface area contributed by atoms with Crippen LogP contribution >= 0.6 is 0 Å². The molecule has 7 fully saturated rings. The van der Waals surface area contributed by atoms with Crippen LogP contribution in [0.1, 0.15) is 120 Å². The number of ether oxygens (including phenoxy) is 6. The number of hydrogen-bond donors (Lipinski definition) is 9. The van der Waals surface area contributed by atoms with E-state index in [0.717, 1.165) is 51.4 Å². The molecule has 0 radical (unpaired) electrons. The molecular formula is C47H76O16. The zero-order valence-corrected chi connectivity index (χ0v) is 38.3. The molecule has 0 bridgehead atoms. The van der Waals surface area contributed by atoms with Crippen LogP contribution in [-0.2, 0) is 33.2 Å². The van der Waals surface area contributed by atoms with E-state index in [4.69, 9.17) is 28.4 Å². The van der Waals surface area contributed by atoms with Gasteiger partial charge in [-0.2, -0.15) is 0 Å². The van der Waals surface area contributed by atoms with Gasteiger partial charge in [0.1, 0.15) is 61.0 Å². The standard InChI is InChI=1S/C47H76O16/c1-22-30(50)37(63-39-33(53)32(52)31(51)26(20-48)60-39)35(55)40(59-22)62-36-25(49)21-58-38(34(36)54)61-29-12-13-44(6)27(43(29,4)5)11-14-46(8)28(44)10-9-23-24-19-42(2,3)15-17-47(24,41(56)57)18-16-45(23,46)7/h9,22,24-40,48-55H,10-21H2,1-8H3,(H,56,57). The van der Waals surface area contributed by atoms with Gasteiger partial charge in [-0.1, -0.05) is 60.1 Å². The van der Waals surface area contributed by atoms with Crippen molar-refractivity contribution in [3.63, 3.8) is 0 Å². The van der Waals surface area contributed by atoms with Gasteiger partial charge in [-0.25, -0.2) is 0 Å². The number of fused-ring (bicyclic) bond motifs is 7. The molecule has 22 atom stereocenters. The summed E-state index contributed by atoms with van der Waals surface area (Å²) in [6, 6.07) is 0. The van der Waals surface area contributed by atoms with Crippen molar-refractivity contribution in [1.29, 1.82) is 0 Å². The topological polar surface area (TPSA) is 255 Å². The maximum absolute atomic E-state index is 13.1. The molecule has 63 heavy (non-hydrogen) atoms. The predicted molar refractivity (Wildman–Crippen MR) is 223 cm³/mol. The molecule has 3 saturated heterocycles. The van der Waals surface area contributed by atoms with Gasteiger partial charge in [0.05, 0.1) is 30.8 Å². The van der Waals surface area contributed by atoms with Crippen molar-refractivity contribution in [3.8, 4) is 0 Å². The number of aliphatic hydroxyl groups excluding tert-OH is 8. The summed E-state index contributed by atoms with van der Waals surface area (Å²) in [5.41, 5.74) is 0.302. The Bertz CT molecular complexity index is 1720. The summed E-state index contributed by atoms with van der Waals surface area (Å²) in [4.78, 5) is 13.1. The van der Waals surface area contributed by atoms with Gasteiger partial charge in [-0.3, -0.25) is 4.79 Å². The monoisotopic (exact) mass is 897 g/mol. The number of allylic oxidation sites excluding steroid dienone is 2. The van der Waals surface area contributed by atoms with Crippen LogP contribution in [-0.4, -0.2) is 157 Å². The number of carboxylic acids is 1. The van der Waals surface area contributed by atoms with E-state index in [1.165, 1.54) is 12.5 Å². The Morgan fingerprint density at radius 2 is 1.37 bits per heavy atom. The van der Waals surface area contributed by atoms with Gasteiger partial charge in [0, 0.05) is 0 Å². The van der Waals surface area contributed by atoms with E-state index in [9.17, 15) is 50.8 Å². The number of hydrogen-bond acceptors (Lipinski definition) is 15. The van der Waals surface area contributed by atoms with Crippen LogP contribution in [0, 0.1) is 50.2 Å². The highest BCUT2D eigenvalue weighted by Gasteiger charge is 2.70. The quantitative estimate of drug-likeness (QED) is 0.125. The summed E-state index contributed by atoms with van der Waals surface area (Å²) < 4.78 is 35.8. The van der Waals surface area contributed by atoms with Crippen LogP contribution in [0.5, 0.6) is 0 Å². The maximum atomic E-state index is 13.1. The minimum atomic E-state index is -1.80. The molecule has 16 heteroatoms. The average molecular weight is 897 g/mol. The van der Waals surface area contributed by atoms with E-state index in [-0.39, 0.29) is 51.6 Å². The summed E-state index contributed by atoms with van der Waals surface area (Å²) in [7, 11) is 0. The van der Waals surface area contributed by atoms with Gasteiger partial charge in [-0.05, 0) is 116 Å². The van der Waals surface area contributed by atoms with E-state index in [2.05, 4.69) is 54.5 Å². The highest BCUT2D eigenvalue weighted by molar-refractivity contribution is 5.76. The van der Waals surface area contributed by atoms with Gasteiger partial charge < -0.3 is 74.4 Å². The molecule has 3 heterocycles. The lowest BCUT2D eigenvalue weighted by molar-refractivity contribution is -0.376. The Balaban J connectivity index is 0.962. The Kier molecular flexibility index (Phi) is 12.8. The number of rotatable bonds is 8. The molecule has 4 saturated carbocycles. The summed E-state index contributed by atoms with van der Waals surface area (Å²) in [5, 5.41) is 96.7. The predicted octanol–water partition coefficient (Wildman–Crippen LogP) is 2.37. The first-order valence-corrected chi connectivity index (χ1v) is 23.6. The molecule has 0 aromatic rings. The van der Waals surface area contributed by atoms with Crippen LogP contribution in [0.4, 0.5) is 0 Å². The smallest absolute Gasteiger partial charge is 0.310 e. The van der Waals surface area contributed by atoms with Crippen molar-refractivity contribution >= 4 is 5.97 Å². The minimum Gasteiger partial charge on any atom is -0.481 e. The summed E-state index contributed by atoms with van der Waals surface area (Å²) >= 11 is 0. The van der Waals surface area contributed by atoms with Crippen molar-refractivity contribution < 1.29 is 79.2 Å². The van der Waals surface area contributed by atoms with Crippen LogP contribution in [0.2, 0.25) is 0 Å². The van der Waals surface area contributed by atoms with E-state index >= 15 is 0 Å². The second kappa shape index (κ2) is 16.7. The SMILES string of the molecule is CC1OC(OC2C(O)COC(OC3CCC4(C)C(CCC5(C)C4CC=C4C6CC(C)(C)CCC6(C(=O)O)CCC45C)C3(C)C)C2O)C(O)C(OC2OC(CO)C(O)C(O)C2O)C1O. The van der Waals surface area contributed by atoms with E-state index in [1.807, 2.05) is 0 Å². The third-order valence-corrected chi connectivity index (χ3v) is 18.9. The fourth-order valence-corrected chi connectivity index (χ4v) is 14.8. The third kappa shape index (κ3) is 7.51. The van der Waals surface area contributed by atoms with Crippen LogP contribution in [0.3, 0.4) is 0 Å². The lowest BCUT2D eigenvalue weighted by atomic mass is 9.33. The Labute approximate surface area is 371 Å². The highest BCUT2D eigenvalue weighted by Crippen LogP contribution is 2.76. The Morgan fingerprint density at radius 1 is 0.714 bits per heavy atom. The third-order valence-electron chi connectivity index (χ3n) is 18.9. The highest BCUT2D eigenvalue weighted by atomic mass is 16.7. The zero-order valence-electron chi connectivity index (χ0n) is 38.3. The molecule has 0 spiro atoms. The number of carbonyl (C=O) groups is 1. The minimum absolute atomic E-state index is 0.0140. The molecule has 0 amide bonds. The van der Waals surface area contributed by atoms with Crippen LogP contribution < -0.4 is 0 Å². The van der Waals surface area contributed by atoms with Crippen LogP contribution in [0.25, 0.3) is 0 Å². The van der Waals surface area contributed by atoms with Crippen LogP contribution in [0.15, 0.2) is 11.6 Å². The second-order valence-corrected chi connectivity index (χ2v) is 23.0. The van der Waals surface area contributed by atoms with Crippen molar-refractivity contribution in [2.75, 3.05) is 13.2 Å².